The van der Waals surface area contributed by atoms with Gasteiger partial charge < -0.3 is 4.57 Å². The van der Waals surface area contributed by atoms with E-state index in [9.17, 15) is 4.79 Å². The van der Waals surface area contributed by atoms with E-state index in [2.05, 4.69) is 28.3 Å². The highest BCUT2D eigenvalue weighted by Gasteiger charge is 2.27. The zero-order valence-electron chi connectivity index (χ0n) is 17.3. The number of pyridine rings is 1. The predicted molar refractivity (Wildman–Crippen MR) is 117 cm³/mol. The third-order valence-electron chi connectivity index (χ3n) is 5.65. The van der Waals surface area contributed by atoms with Crippen molar-refractivity contribution in [1.29, 1.82) is 0 Å². The first kappa shape index (κ1) is 20.3. The van der Waals surface area contributed by atoms with Gasteiger partial charge in [-0.15, -0.1) is 0 Å². The van der Waals surface area contributed by atoms with Crippen LogP contribution in [-0.4, -0.2) is 49.7 Å². The average Bonchev–Trinajstić information content (AvgIpc) is 3.17. The lowest BCUT2D eigenvalue weighted by atomic mass is 10.0. The largest absolute Gasteiger partial charge is 0.304 e. The van der Waals surface area contributed by atoms with Crippen molar-refractivity contribution in [3.63, 3.8) is 0 Å². The van der Waals surface area contributed by atoms with E-state index in [-0.39, 0.29) is 0 Å². The maximum Gasteiger partial charge on any atom is 0.267 e. The summed E-state index contributed by atoms with van der Waals surface area (Å²) in [4.78, 5) is 23.4. The zero-order chi connectivity index (χ0) is 21.1. The number of amides is 1. The van der Waals surface area contributed by atoms with Crippen molar-refractivity contribution in [1.82, 2.24) is 24.9 Å². The summed E-state index contributed by atoms with van der Waals surface area (Å²) in [6.07, 6.45) is 7.02. The Labute approximate surface area is 176 Å². The number of aromatic nitrogens is 3. The molecule has 0 radical (unpaired) electrons. The number of fused-ring (bicyclic) bond motifs is 1. The molecule has 30 heavy (non-hydrogen) atoms. The van der Waals surface area contributed by atoms with Crippen LogP contribution in [0.4, 0.5) is 0 Å². The van der Waals surface area contributed by atoms with E-state index in [1.54, 1.807) is 11.6 Å². The number of carbonyl (C=O) groups excluding carboxylic acids is 1. The molecule has 4 rings (SSSR count). The molecule has 1 aliphatic heterocycles. The van der Waals surface area contributed by atoms with Crippen molar-refractivity contribution >= 4 is 23.1 Å². The highest BCUT2D eigenvalue weighted by Crippen LogP contribution is 2.32. The summed E-state index contributed by atoms with van der Waals surface area (Å²) in [5.41, 5.74) is 5.23. The molecular weight excluding hydrogens is 378 g/mol. The minimum atomic E-state index is -0.562. The number of hydrogen-bond donors (Lipinski definition) is 2. The number of nitrogens with one attached hydrogen (secondary N) is 1. The fraction of sp³-hybridized carbons (Fsp3) is 0.348. The molecule has 0 bridgehead atoms. The second kappa shape index (κ2) is 8.77. The van der Waals surface area contributed by atoms with Crippen LogP contribution < -0.4 is 5.48 Å². The fourth-order valence-electron chi connectivity index (χ4n) is 4.13. The van der Waals surface area contributed by atoms with Crippen LogP contribution in [0.1, 0.15) is 38.3 Å². The summed E-state index contributed by atoms with van der Waals surface area (Å²) in [5.74, 6) is 0.328. The monoisotopic (exact) mass is 405 g/mol. The Balaban J connectivity index is 1.77. The van der Waals surface area contributed by atoms with Crippen molar-refractivity contribution in [3.8, 4) is 11.4 Å². The molecule has 7 nitrogen and oxygen atoms in total. The molecule has 2 N–H and O–H groups in total. The van der Waals surface area contributed by atoms with E-state index >= 15 is 0 Å². The summed E-state index contributed by atoms with van der Waals surface area (Å²) in [6, 6.07) is 12.6. The van der Waals surface area contributed by atoms with E-state index < -0.39 is 5.91 Å². The van der Waals surface area contributed by atoms with Crippen molar-refractivity contribution in [2.75, 3.05) is 13.1 Å². The van der Waals surface area contributed by atoms with Crippen LogP contribution in [0.5, 0.6) is 0 Å². The van der Waals surface area contributed by atoms with Gasteiger partial charge in [0.05, 0.1) is 0 Å². The summed E-state index contributed by atoms with van der Waals surface area (Å²) in [7, 11) is 0. The molecule has 0 saturated carbocycles. The van der Waals surface area contributed by atoms with E-state index in [1.807, 2.05) is 42.6 Å². The highest BCUT2D eigenvalue weighted by atomic mass is 16.5. The van der Waals surface area contributed by atoms with Gasteiger partial charge in [-0.05, 0) is 63.1 Å². The van der Waals surface area contributed by atoms with Gasteiger partial charge in [-0.1, -0.05) is 18.2 Å². The number of piperidine rings is 1. The maximum absolute atomic E-state index is 11.3. The van der Waals surface area contributed by atoms with Crippen molar-refractivity contribution < 1.29 is 10.0 Å². The Morgan fingerprint density at radius 2 is 2.17 bits per heavy atom. The normalized spacial score (nSPS) is 17.8. The molecule has 0 unspecified atom stereocenters. The van der Waals surface area contributed by atoms with E-state index in [1.165, 1.54) is 6.08 Å². The Hall–Kier alpha value is -3.03. The molecule has 2 aromatic heterocycles. The Kier molecular flexibility index (Phi) is 5.92. The lowest BCUT2D eigenvalue weighted by Gasteiger charge is -2.36. The lowest BCUT2D eigenvalue weighted by Crippen LogP contribution is -2.40. The first-order valence-corrected chi connectivity index (χ1v) is 10.4. The standard InChI is InChI=1S/C23H27N5O2/c1-16(2)27-13-5-8-19(15-27)28-22(25-20-9-4-12-24-23(20)28)18-7-3-6-17(14-18)10-11-21(29)26-30/h3-4,6-7,9-12,14,16,19,30H,5,8,13,15H2,1-2H3,(H,26,29)/b11-10+/t19-/m1/s1. The second-order valence-corrected chi connectivity index (χ2v) is 7.97. The fourth-order valence-corrected chi connectivity index (χ4v) is 4.13. The third-order valence-corrected chi connectivity index (χ3v) is 5.65. The topological polar surface area (TPSA) is 83.3 Å². The first-order valence-electron chi connectivity index (χ1n) is 10.4. The van der Waals surface area contributed by atoms with Gasteiger partial charge in [-0.2, -0.15) is 0 Å². The SMILES string of the molecule is CC(C)N1CCC[C@@H](n2c(-c3cccc(/C=C/C(=O)NO)c3)nc3cccnc32)C1. The molecule has 1 aliphatic rings. The van der Waals surface area contributed by atoms with E-state index in [0.717, 1.165) is 54.0 Å². The van der Waals surface area contributed by atoms with Crippen LogP contribution in [0, 0.1) is 0 Å². The van der Waals surface area contributed by atoms with Gasteiger partial charge in [-0.25, -0.2) is 15.4 Å². The number of nitrogens with zero attached hydrogens (tertiary/aromatic N) is 4. The van der Waals surface area contributed by atoms with Gasteiger partial charge >= 0.3 is 0 Å². The molecule has 156 valence electrons. The third kappa shape index (κ3) is 4.13. The lowest BCUT2D eigenvalue weighted by molar-refractivity contribution is -0.124. The average molecular weight is 406 g/mol. The quantitative estimate of drug-likeness (QED) is 0.384. The summed E-state index contributed by atoms with van der Waals surface area (Å²) < 4.78 is 2.28. The minimum absolute atomic E-state index is 0.301. The molecule has 3 heterocycles. The van der Waals surface area contributed by atoms with Gasteiger partial charge in [0.25, 0.3) is 5.91 Å². The van der Waals surface area contributed by atoms with Gasteiger partial charge in [0.2, 0.25) is 0 Å². The Bertz CT molecular complexity index is 1070. The molecule has 0 spiro atoms. The minimum Gasteiger partial charge on any atom is -0.304 e. The van der Waals surface area contributed by atoms with Crippen LogP contribution in [0.15, 0.2) is 48.7 Å². The van der Waals surface area contributed by atoms with Crippen LogP contribution >= 0.6 is 0 Å². The summed E-state index contributed by atoms with van der Waals surface area (Å²) >= 11 is 0. The Morgan fingerprint density at radius 3 is 2.97 bits per heavy atom. The molecule has 1 fully saturated rings. The van der Waals surface area contributed by atoms with Gasteiger partial charge in [0, 0.05) is 36.5 Å². The highest BCUT2D eigenvalue weighted by molar-refractivity contribution is 5.91. The molecule has 1 atom stereocenters. The number of hydroxylamine groups is 1. The zero-order valence-corrected chi connectivity index (χ0v) is 17.3. The van der Waals surface area contributed by atoms with E-state index in [4.69, 9.17) is 10.2 Å². The molecule has 3 aromatic rings. The summed E-state index contributed by atoms with van der Waals surface area (Å²) in [6.45, 7) is 6.58. The number of benzene rings is 1. The number of carbonyl (C=O) groups is 1. The maximum atomic E-state index is 11.3. The number of imidazole rings is 1. The van der Waals surface area contributed by atoms with Crippen molar-refractivity contribution in [2.24, 2.45) is 0 Å². The smallest absolute Gasteiger partial charge is 0.267 e. The van der Waals surface area contributed by atoms with Crippen molar-refractivity contribution in [3.05, 3.63) is 54.2 Å². The molecular formula is C23H27N5O2. The molecule has 7 heteroatoms. The number of hydrogen-bond acceptors (Lipinski definition) is 5. The van der Waals surface area contributed by atoms with Crippen LogP contribution in [0.25, 0.3) is 28.6 Å². The second-order valence-electron chi connectivity index (χ2n) is 7.97. The van der Waals surface area contributed by atoms with Crippen LogP contribution in [0.3, 0.4) is 0 Å². The van der Waals surface area contributed by atoms with Gasteiger partial charge in [-0.3, -0.25) is 14.9 Å². The first-order chi connectivity index (χ1) is 14.6. The van der Waals surface area contributed by atoms with Gasteiger partial charge in [0.1, 0.15) is 11.3 Å². The number of rotatable bonds is 5. The predicted octanol–water partition coefficient (Wildman–Crippen LogP) is 3.66. The van der Waals surface area contributed by atoms with Crippen LogP contribution in [0.2, 0.25) is 0 Å². The van der Waals surface area contributed by atoms with E-state index in [0.29, 0.717) is 12.1 Å². The summed E-state index contributed by atoms with van der Waals surface area (Å²) in [5, 5.41) is 8.69. The number of likely N-dealkylation sites (tertiary alicyclic amines) is 1. The molecule has 1 saturated heterocycles. The molecule has 0 aliphatic carbocycles. The van der Waals surface area contributed by atoms with Gasteiger partial charge in [0.15, 0.2) is 5.65 Å². The van der Waals surface area contributed by atoms with Crippen molar-refractivity contribution in [2.45, 2.75) is 38.8 Å². The van der Waals surface area contributed by atoms with Crippen LogP contribution in [-0.2, 0) is 4.79 Å². The molecule has 1 amide bonds. The molecule has 1 aromatic carbocycles. The Morgan fingerprint density at radius 1 is 1.30 bits per heavy atom.